The highest BCUT2D eigenvalue weighted by Gasteiger charge is 2.37. The Hall–Kier alpha value is -5.00. The van der Waals surface area contributed by atoms with Crippen LogP contribution in [0.2, 0.25) is 0 Å². The molecule has 3 amide bonds. The van der Waals surface area contributed by atoms with E-state index in [1.165, 1.54) is 36.2 Å². The number of amides is 3. The van der Waals surface area contributed by atoms with Gasteiger partial charge in [0.25, 0.3) is 11.8 Å². The number of fused-ring (bicyclic) bond motifs is 1. The minimum absolute atomic E-state index is 0.213. The van der Waals surface area contributed by atoms with Crippen LogP contribution in [-0.2, 0) is 41.7 Å². The van der Waals surface area contributed by atoms with Gasteiger partial charge in [-0.3, -0.25) is 14.5 Å². The van der Waals surface area contributed by atoms with Crippen LogP contribution in [0, 0.1) is 0 Å². The molecule has 2 N–H and O–H groups in total. The van der Waals surface area contributed by atoms with Gasteiger partial charge in [-0.1, -0.05) is 36.4 Å². The van der Waals surface area contributed by atoms with Crippen LogP contribution in [0.3, 0.4) is 0 Å². The van der Waals surface area contributed by atoms with Crippen LogP contribution in [0.15, 0.2) is 72.8 Å². The molecule has 2 heterocycles. The number of aryl methyl sites for hydroxylation is 3. The van der Waals surface area contributed by atoms with Crippen molar-refractivity contribution in [2.75, 3.05) is 30.8 Å². The monoisotopic (exact) mass is 790 g/mol. The zero-order valence-corrected chi connectivity index (χ0v) is 34.3. The van der Waals surface area contributed by atoms with Gasteiger partial charge in [0.1, 0.15) is 10.6 Å². The fourth-order valence-corrected chi connectivity index (χ4v) is 9.20. The summed E-state index contributed by atoms with van der Waals surface area (Å²) in [5.74, 6) is -0.785. The van der Waals surface area contributed by atoms with Gasteiger partial charge in [0.2, 0.25) is 0 Å². The largest absolute Gasteiger partial charge is 0.465 e. The molecule has 3 aliphatic rings. The number of methoxy groups -OCH3 is 1. The molecule has 0 unspecified atom stereocenters. The second-order valence-electron chi connectivity index (χ2n) is 16.5. The maximum atomic E-state index is 14.0. The molecule has 3 aromatic carbocycles. The number of thiophene rings is 1. The lowest BCUT2D eigenvalue weighted by Crippen LogP contribution is -2.48. The number of likely N-dealkylation sites (tertiary alicyclic amines) is 1. The lowest BCUT2D eigenvalue weighted by molar-refractivity contribution is 0.0131. The Balaban J connectivity index is 0.983. The molecule has 7 rings (SSSR count). The number of nitrogens with one attached hydrogen (secondary N) is 2. The Morgan fingerprint density at radius 2 is 1.42 bits per heavy atom. The third kappa shape index (κ3) is 10.3. The van der Waals surface area contributed by atoms with Gasteiger partial charge in [-0.05, 0) is 144 Å². The van der Waals surface area contributed by atoms with Gasteiger partial charge in [-0.15, -0.1) is 11.3 Å². The quantitative estimate of drug-likeness (QED) is 0.138. The van der Waals surface area contributed by atoms with Crippen LogP contribution >= 0.6 is 11.3 Å². The number of hydrogen-bond donors (Lipinski definition) is 2. The smallest absolute Gasteiger partial charge is 0.410 e. The van der Waals surface area contributed by atoms with E-state index < -0.39 is 5.60 Å². The number of piperidine rings is 1. The fraction of sp³-hybridized carbons (Fsp3) is 0.435. The molecule has 0 bridgehead atoms. The Labute approximate surface area is 339 Å². The fourth-order valence-electron chi connectivity index (χ4n) is 7.92. The molecule has 2 fully saturated rings. The number of nitrogens with zero attached hydrogens (tertiary/aromatic N) is 2. The van der Waals surface area contributed by atoms with E-state index in [1.54, 1.807) is 12.1 Å². The van der Waals surface area contributed by atoms with Crippen molar-refractivity contribution in [1.29, 1.82) is 0 Å². The second-order valence-corrected chi connectivity index (χ2v) is 17.6. The lowest BCUT2D eigenvalue weighted by atomic mass is 9.95. The number of anilines is 2. The minimum Gasteiger partial charge on any atom is -0.465 e. The first-order valence-corrected chi connectivity index (χ1v) is 21.1. The summed E-state index contributed by atoms with van der Waals surface area (Å²) in [5, 5.41) is 6.85. The van der Waals surface area contributed by atoms with Gasteiger partial charge in [0, 0.05) is 47.8 Å². The highest BCUT2D eigenvalue weighted by Crippen LogP contribution is 2.39. The molecule has 1 aromatic heterocycles. The second kappa shape index (κ2) is 17.6. The average Bonchev–Trinajstić information content (AvgIpc) is 3.99. The Bertz CT molecular complexity index is 2070. The van der Waals surface area contributed by atoms with Gasteiger partial charge >= 0.3 is 12.1 Å². The first-order valence-electron chi connectivity index (χ1n) is 20.3. The minimum atomic E-state index is -0.512. The lowest BCUT2D eigenvalue weighted by Gasteiger charge is -2.39. The SMILES string of the molecule is COC(=O)c1ccc(CCc2ccc(NC(=O)c3c(NC(=O)c4cccc(CN(C5CC5)C5CCN(C(=O)OC(C)(C)C)CC5)c4)sc4c3CCCC4)cc2)cc1. The molecule has 1 aliphatic heterocycles. The van der Waals surface area contributed by atoms with Crippen molar-refractivity contribution in [3.05, 3.63) is 117 Å². The Morgan fingerprint density at radius 1 is 0.772 bits per heavy atom. The summed E-state index contributed by atoms with van der Waals surface area (Å²) in [7, 11) is 1.38. The van der Waals surface area contributed by atoms with E-state index in [2.05, 4.69) is 21.6 Å². The highest BCUT2D eigenvalue weighted by molar-refractivity contribution is 7.17. The number of benzene rings is 3. The summed E-state index contributed by atoms with van der Waals surface area (Å²) in [6.45, 7) is 7.78. The third-order valence-corrected chi connectivity index (χ3v) is 12.3. The van der Waals surface area contributed by atoms with Crippen LogP contribution in [-0.4, -0.2) is 71.6 Å². The predicted molar refractivity (Wildman–Crippen MR) is 224 cm³/mol. The molecule has 1 saturated heterocycles. The van der Waals surface area contributed by atoms with Crippen molar-refractivity contribution in [2.24, 2.45) is 0 Å². The number of carbonyl (C=O) groups excluding carboxylic acids is 4. The van der Waals surface area contributed by atoms with E-state index in [4.69, 9.17) is 9.47 Å². The molecular weight excluding hydrogens is 737 g/mol. The van der Waals surface area contributed by atoms with Crippen molar-refractivity contribution in [3.63, 3.8) is 0 Å². The van der Waals surface area contributed by atoms with Crippen LogP contribution in [0.25, 0.3) is 0 Å². The topological polar surface area (TPSA) is 117 Å². The predicted octanol–water partition coefficient (Wildman–Crippen LogP) is 9.07. The molecule has 57 heavy (non-hydrogen) atoms. The molecular formula is C46H54N4O6S. The van der Waals surface area contributed by atoms with E-state index >= 15 is 0 Å². The molecule has 1 saturated carbocycles. The molecule has 0 radical (unpaired) electrons. The van der Waals surface area contributed by atoms with Crippen LogP contribution in [0.5, 0.6) is 0 Å². The summed E-state index contributed by atoms with van der Waals surface area (Å²) in [6.07, 6.45) is 9.30. The summed E-state index contributed by atoms with van der Waals surface area (Å²) in [5.41, 5.74) is 6.23. The van der Waals surface area contributed by atoms with E-state index in [9.17, 15) is 19.2 Å². The maximum Gasteiger partial charge on any atom is 0.410 e. The van der Waals surface area contributed by atoms with Gasteiger partial charge in [0.05, 0.1) is 18.2 Å². The molecule has 300 valence electrons. The molecule has 2 aliphatic carbocycles. The number of rotatable bonds is 12. The summed E-state index contributed by atoms with van der Waals surface area (Å²) < 4.78 is 10.4. The number of carbonyl (C=O) groups is 4. The van der Waals surface area contributed by atoms with E-state index in [1.807, 2.05) is 80.3 Å². The molecule has 4 aromatic rings. The molecule has 0 atom stereocenters. The molecule has 0 spiro atoms. The number of esters is 1. The van der Waals surface area contributed by atoms with Crippen LogP contribution in [0.1, 0.15) is 118 Å². The van der Waals surface area contributed by atoms with Crippen molar-refractivity contribution in [3.8, 4) is 0 Å². The highest BCUT2D eigenvalue weighted by atomic mass is 32.1. The van der Waals surface area contributed by atoms with Gasteiger partial charge in [0.15, 0.2) is 0 Å². The standard InChI is InChI=1S/C46H54N4O6S/c1-46(2,3)56-45(54)49-26-24-37(25-27-49)50(36-22-23-36)29-32-8-7-9-34(28-32)41(51)48-43-40(38-10-5-6-11-39(38)57-43)42(52)47-35-20-16-31(17-21-35)13-12-30-14-18-33(19-15-30)44(53)55-4/h7-9,14-21,28,36-37H,5-6,10-13,22-27,29H2,1-4H3,(H,47,52)(H,48,51). The number of ether oxygens (including phenoxy) is 2. The van der Waals surface area contributed by atoms with Crippen LogP contribution in [0.4, 0.5) is 15.5 Å². The average molecular weight is 791 g/mol. The van der Waals surface area contributed by atoms with E-state index in [-0.39, 0.29) is 23.9 Å². The Morgan fingerprint density at radius 3 is 2.07 bits per heavy atom. The molecule has 10 nitrogen and oxygen atoms in total. The maximum absolute atomic E-state index is 14.0. The zero-order chi connectivity index (χ0) is 40.1. The molecule has 11 heteroatoms. The first kappa shape index (κ1) is 40.2. The van der Waals surface area contributed by atoms with Crippen molar-refractivity contribution in [1.82, 2.24) is 9.80 Å². The van der Waals surface area contributed by atoms with Crippen molar-refractivity contribution >= 4 is 45.9 Å². The number of hydrogen-bond acceptors (Lipinski definition) is 8. The van der Waals surface area contributed by atoms with Crippen LogP contribution < -0.4 is 10.6 Å². The Kier molecular flexibility index (Phi) is 12.4. The first-order chi connectivity index (χ1) is 27.4. The van der Waals surface area contributed by atoms with E-state index in [0.29, 0.717) is 52.6 Å². The van der Waals surface area contributed by atoms with Crippen molar-refractivity contribution < 1.29 is 28.7 Å². The third-order valence-electron chi connectivity index (χ3n) is 11.1. The summed E-state index contributed by atoms with van der Waals surface area (Å²) in [4.78, 5) is 57.8. The normalized spacial score (nSPS) is 15.8. The van der Waals surface area contributed by atoms with Gasteiger partial charge < -0.3 is 25.0 Å². The summed E-state index contributed by atoms with van der Waals surface area (Å²) >= 11 is 1.52. The summed E-state index contributed by atoms with van der Waals surface area (Å²) in [6, 6.07) is 24.1. The van der Waals surface area contributed by atoms with E-state index in [0.717, 1.165) is 80.2 Å². The zero-order valence-electron chi connectivity index (χ0n) is 33.5. The van der Waals surface area contributed by atoms with Gasteiger partial charge in [-0.25, -0.2) is 9.59 Å². The van der Waals surface area contributed by atoms with Gasteiger partial charge in [-0.2, -0.15) is 0 Å². The van der Waals surface area contributed by atoms with Crippen molar-refractivity contribution in [2.45, 2.75) is 109 Å².